The SMILES string of the molecule is CC(C)(C(=O)N1Cc2ccccc2C(C(=O)O)C1)n1cc([N+](=O)[O-])cn1. The lowest BCUT2D eigenvalue weighted by atomic mass is 9.88. The van der Waals surface area contributed by atoms with E-state index in [9.17, 15) is 24.8 Å². The highest BCUT2D eigenvalue weighted by Crippen LogP contribution is 2.31. The van der Waals surface area contributed by atoms with Gasteiger partial charge in [-0.25, -0.2) is 0 Å². The van der Waals surface area contributed by atoms with Crippen molar-refractivity contribution in [2.75, 3.05) is 6.54 Å². The molecule has 1 aliphatic heterocycles. The number of amides is 1. The van der Waals surface area contributed by atoms with Crippen molar-refractivity contribution < 1.29 is 19.6 Å². The molecule has 0 radical (unpaired) electrons. The topological polar surface area (TPSA) is 119 Å². The average Bonchev–Trinajstić information content (AvgIpc) is 3.11. The van der Waals surface area contributed by atoms with Crippen LogP contribution in [0, 0.1) is 10.1 Å². The van der Waals surface area contributed by atoms with Crippen molar-refractivity contribution >= 4 is 17.6 Å². The fraction of sp³-hybridized carbons (Fsp3) is 0.353. The zero-order chi connectivity index (χ0) is 19.1. The van der Waals surface area contributed by atoms with E-state index in [0.717, 1.165) is 11.8 Å². The maximum Gasteiger partial charge on any atom is 0.312 e. The number of hydrogen-bond acceptors (Lipinski definition) is 5. The summed E-state index contributed by atoms with van der Waals surface area (Å²) >= 11 is 0. The van der Waals surface area contributed by atoms with Gasteiger partial charge >= 0.3 is 11.7 Å². The van der Waals surface area contributed by atoms with Crippen molar-refractivity contribution in [3.63, 3.8) is 0 Å². The Morgan fingerprint density at radius 1 is 1.35 bits per heavy atom. The van der Waals surface area contributed by atoms with Gasteiger partial charge in [-0.1, -0.05) is 24.3 Å². The number of rotatable bonds is 4. The number of aromatic nitrogens is 2. The number of nitrogens with zero attached hydrogens (tertiary/aromatic N) is 4. The van der Waals surface area contributed by atoms with Crippen LogP contribution in [0.5, 0.6) is 0 Å². The number of fused-ring (bicyclic) bond motifs is 1. The molecular formula is C17H18N4O5. The van der Waals surface area contributed by atoms with Gasteiger partial charge in [0.15, 0.2) is 0 Å². The highest BCUT2D eigenvalue weighted by atomic mass is 16.6. The standard InChI is InChI=1S/C17H18N4O5/c1-17(2,20-9-12(7-18-20)21(25)26)16(24)19-8-11-5-3-4-6-13(11)14(10-19)15(22)23/h3-7,9,14H,8,10H2,1-2H3,(H,22,23). The van der Waals surface area contributed by atoms with Gasteiger partial charge in [-0.15, -0.1) is 0 Å². The molecule has 1 amide bonds. The van der Waals surface area contributed by atoms with E-state index in [1.54, 1.807) is 38.1 Å². The lowest BCUT2D eigenvalue weighted by molar-refractivity contribution is -0.385. The van der Waals surface area contributed by atoms with E-state index < -0.39 is 22.3 Å². The Bertz CT molecular complexity index is 889. The van der Waals surface area contributed by atoms with Crippen molar-refractivity contribution in [2.45, 2.75) is 31.8 Å². The van der Waals surface area contributed by atoms with E-state index in [1.807, 2.05) is 0 Å². The molecule has 1 aromatic heterocycles. The zero-order valence-electron chi connectivity index (χ0n) is 14.3. The molecule has 0 saturated carbocycles. The van der Waals surface area contributed by atoms with Gasteiger partial charge in [0.1, 0.15) is 17.9 Å². The molecule has 3 rings (SSSR count). The van der Waals surface area contributed by atoms with Crippen LogP contribution in [-0.4, -0.2) is 43.1 Å². The van der Waals surface area contributed by atoms with Crippen LogP contribution < -0.4 is 0 Å². The number of carbonyl (C=O) groups is 2. The number of carboxylic acid groups (broad SMARTS) is 1. The Hall–Kier alpha value is -3.23. The molecule has 0 saturated heterocycles. The van der Waals surface area contributed by atoms with Crippen LogP contribution in [-0.2, 0) is 21.7 Å². The molecule has 0 aliphatic carbocycles. The molecule has 0 spiro atoms. The summed E-state index contributed by atoms with van der Waals surface area (Å²) in [5.41, 5.74) is 0.0838. The van der Waals surface area contributed by atoms with Crippen molar-refractivity contribution in [1.29, 1.82) is 0 Å². The Kier molecular flexibility index (Phi) is 4.23. The third kappa shape index (κ3) is 2.92. The van der Waals surface area contributed by atoms with E-state index >= 15 is 0 Å². The normalized spacial score (nSPS) is 16.8. The number of carboxylic acids is 1. The van der Waals surface area contributed by atoms with Crippen LogP contribution in [0.1, 0.15) is 30.9 Å². The molecule has 2 heterocycles. The van der Waals surface area contributed by atoms with Gasteiger partial charge in [0.05, 0.1) is 10.8 Å². The molecule has 0 fully saturated rings. The third-order valence-corrected chi connectivity index (χ3v) is 4.66. The second-order valence-corrected chi connectivity index (χ2v) is 6.73. The summed E-state index contributed by atoms with van der Waals surface area (Å²) in [6.07, 6.45) is 2.28. The van der Waals surface area contributed by atoms with E-state index in [-0.39, 0.29) is 24.7 Å². The smallest absolute Gasteiger partial charge is 0.312 e. The van der Waals surface area contributed by atoms with Crippen LogP contribution in [0.15, 0.2) is 36.7 Å². The Morgan fingerprint density at radius 3 is 2.65 bits per heavy atom. The fourth-order valence-corrected chi connectivity index (χ4v) is 3.17. The minimum Gasteiger partial charge on any atom is -0.481 e. The second-order valence-electron chi connectivity index (χ2n) is 6.73. The molecule has 136 valence electrons. The van der Waals surface area contributed by atoms with Gasteiger partial charge in [0, 0.05) is 13.1 Å². The van der Waals surface area contributed by atoms with Gasteiger partial charge in [0.25, 0.3) is 0 Å². The first-order chi connectivity index (χ1) is 12.2. The number of nitro groups is 1. The molecular weight excluding hydrogens is 340 g/mol. The van der Waals surface area contributed by atoms with Gasteiger partial charge < -0.3 is 10.0 Å². The fourth-order valence-electron chi connectivity index (χ4n) is 3.17. The van der Waals surface area contributed by atoms with Gasteiger partial charge in [-0.3, -0.25) is 24.4 Å². The van der Waals surface area contributed by atoms with E-state index in [0.29, 0.717) is 5.56 Å². The van der Waals surface area contributed by atoms with Crippen molar-refractivity contribution in [3.05, 3.63) is 57.9 Å². The van der Waals surface area contributed by atoms with Gasteiger partial charge in [0.2, 0.25) is 5.91 Å². The minimum absolute atomic E-state index is 0.0397. The maximum atomic E-state index is 13.1. The summed E-state index contributed by atoms with van der Waals surface area (Å²) in [6.45, 7) is 3.52. The lowest BCUT2D eigenvalue weighted by Crippen LogP contribution is -2.50. The molecule has 1 atom stereocenters. The predicted molar refractivity (Wildman–Crippen MR) is 90.4 cm³/mol. The van der Waals surface area contributed by atoms with Crippen molar-refractivity contribution in [3.8, 4) is 0 Å². The molecule has 1 N–H and O–H groups in total. The molecule has 9 heteroatoms. The van der Waals surface area contributed by atoms with E-state index in [2.05, 4.69) is 5.10 Å². The van der Waals surface area contributed by atoms with Crippen LogP contribution in [0.25, 0.3) is 0 Å². The number of aliphatic carboxylic acids is 1. The largest absolute Gasteiger partial charge is 0.481 e. The highest BCUT2D eigenvalue weighted by Gasteiger charge is 2.40. The molecule has 9 nitrogen and oxygen atoms in total. The summed E-state index contributed by atoms with van der Waals surface area (Å²) in [5.74, 6) is -2.16. The molecule has 26 heavy (non-hydrogen) atoms. The van der Waals surface area contributed by atoms with Gasteiger partial charge in [-0.2, -0.15) is 5.10 Å². The summed E-state index contributed by atoms with van der Waals surface area (Å²) in [7, 11) is 0. The zero-order valence-corrected chi connectivity index (χ0v) is 14.3. The van der Waals surface area contributed by atoms with E-state index in [4.69, 9.17) is 0 Å². The minimum atomic E-state index is -1.19. The van der Waals surface area contributed by atoms with Crippen LogP contribution in [0.3, 0.4) is 0 Å². The Balaban J connectivity index is 1.91. The van der Waals surface area contributed by atoms with Crippen LogP contribution in [0.4, 0.5) is 5.69 Å². The van der Waals surface area contributed by atoms with Crippen molar-refractivity contribution in [2.24, 2.45) is 0 Å². The molecule has 1 aliphatic rings. The summed E-state index contributed by atoms with van der Waals surface area (Å²) in [4.78, 5) is 36.5. The molecule has 0 bridgehead atoms. The molecule has 1 unspecified atom stereocenters. The van der Waals surface area contributed by atoms with Crippen LogP contribution in [0.2, 0.25) is 0 Å². The quantitative estimate of drug-likeness (QED) is 0.657. The summed E-state index contributed by atoms with van der Waals surface area (Å²) in [5, 5.41) is 24.3. The Labute approximate surface area is 149 Å². The number of carbonyl (C=O) groups excluding carboxylic acids is 1. The summed E-state index contributed by atoms with van der Waals surface area (Å²) in [6, 6.07) is 7.14. The number of hydrogen-bond donors (Lipinski definition) is 1. The van der Waals surface area contributed by atoms with E-state index in [1.165, 1.54) is 15.8 Å². The number of benzene rings is 1. The van der Waals surface area contributed by atoms with Crippen LogP contribution >= 0.6 is 0 Å². The van der Waals surface area contributed by atoms with Gasteiger partial charge in [-0.05, 0) is 25.0 Å². The lowest BCUT2D eigenvalue weighted by Gasteiger charge is -2.37. The van der Waals surface area contributed by atoms with Crippen molar-refractivity contribution in [1.82, 2.24) is 14.7 Å². The predicted octanol–water partition coefficient (Wildman–Crippen LogP) is 1.74. The maximum absolute atomic E-state index is 13.1. The molecule has 2 aromatic rings. The highest BCUT2D eigenvalue weighted by molar-refractivity contribution is 5.86. The third-order valence-electron chi connectivity index (χ3n) is 4.66. The molecule has 1 aromatic carbocycles. The Morgan fingerprint density at radius 2 is 2.04 bits per heavy atom. The average molecular weight is 358 g/mol. The monoisotopic (exact) mass is 358 g/mol. The second kappa shape index (κ2) is 6.25. The first-order valence-corrected chi connectivity index (χ1v) is 8.01. The first kappa shape index (κ1) is 17.6. The summed E-state index contributed by atoms with van der Waals surface area (Å²) < 4.78 is 1.24. The first-order valence-electron chi connectivity index (χ1n) is 8.01.